The Morgan fingerprint density at radius 3 is 2.91 bits per heavy atom. The molecule has 0 saturated carbocycles. The lowest BCUT2D eigenvalue weighted by molar-refractivity contribution is 0.458. The maximum Gasteiger partial charge on any atom is 0.189 e. The quantitative estimate of drug-likeness (QED) is 0.588. The van der Waals surface area contributed by atoms with Crippen molar-refractivity contribution in [3.05, 3.63) is 29.8 Å². The van der Waals surface area contributed by atoms with Crippen molar-refractivity contribution in [2.24, 2.45) is 0 Å². The number of aromatic nitrogens is 1. The minimum absolute atomic E-state index is 0.227. The van der Waals surface area contributed by atoms with Gasteiger partial charge in [0, 0.05) is 17.0 Å². The molecule has 0 bridgehead atoms. The molecule has 2 aromatic rings. The summed E-state index contributed by atoms with van der Waals surface area (Å²) in [5.74, 6) is 0.227. The molecule has 0 fully saturated rings. The van der Waals surface area contributed by atoms with E-state index in [0.29, 0.717) is 0 Å². The van der Waals surface area contributed by atoms with Crippen LogP contribution in [0.25, 0.3) is 10.9 Å². The van der Waals surface area contributed by atoms with Crippen LogP contribution in [0.3, 0.4) is 0 Å². The van der Waals surface area contributed by atoms with Crippen molar-refractivity contribution in [3.8, 4) is 5.88 Å². The zero-order valence-corrected chi connectivity index (χ0v) is 6.26. The first-order valence-corrected chi connectivity index (χ1v) is 3.54. The van der Waals surface area contributed by atoms with Crippen molar-refractivity contribution in [1.29, 1.82) is 0 Å². The van der Waals surface area contributed by atoms with Gasteiger partial charge in [-0.1, -0.05) is 12.1 Å². The predicted octanol–water partition coefficient (Wildman–Crippen LogP) is 2.18. The smallest absolute Gasteiger partial charge is 0.189 e. The molecule has 2 rings (SSSR count). The Bertz CT molecular complexity index is 389. The van der Waals surface area contributed by atoms with E-state index < -0.39 is 0 Å². The fraction of sp³-hybridized carbons (Fsp3) is 0.111. The molecule has 11 heavy (non-hydrogen) atoms. The molecule has 2 N–H and O–H groups in total. The Morgan fingerprint density at radius 1 is 1.27 bits per heavy atom. The van der Waals surface area contributed by atoms with Crippen LogP contribution in [0.15, 0.2) is 24.3 Å². The van der Waals surface area contributed by atoms with E-state index in [0.717, 1.165) is 10.9 Å². The molecular formula is C9H9NO. The highest BCUT2D eigenvalue weighted by Crippen LogP contribution is 2.19. The number of fused-ring (bicyclic) bond motifs is 1. The summed E-state index contributed by atoms with van der Waals surface area (Å²) in [6.45, 7) is 2.03. The number of nitrogens with one attached hydrogen (secondary N) is 1. The zero-order chi connectivity index (χ0) is 7.84. The molecule has 0 spiro atoms. The van der Waals surface area contributed by atoms with Gasteiger partial charge >= 0.3 is 0 Å². The van der Waals surface area contributed by atoms with E-state index >= 15 is 0 Å². The first kappa shape index (κ1) is 6.28. The van der Waals surface area contributed by atoms with Crippen LogP contribution in [0.5, 0.6) is 5.88 Å². The Hall–Kier alpha value is -1.44. The van der Waals surface area contributed by atoms with Gasteiger partial charge in [0.2, 0.25) is 0 Å². The van der Waals surface area contributed by atoms with Gasteiger partial charge in [0.25, 0.3) is 0 Å². The molecule has 1 heterocycles. The van der Waals surface area contributed by atoms with Crippen molar-refractivity contribution >= 4 is 10.9 Å². The summed E-state index contributed by atoms with van der Waals surface area (Å²) in [7, 11) is 0. The lowest BCUT2D eigenvalue weighted by atomic mass is 10.2. The molecule has 1 aromatic carbocycles. The van der Waals surface area contributed by atoms with Gasteiger partial charge in [-0.05, 0) is 18.6 Å². The molecule has 0 atom stereocenters. The number of aryl methyl sites for hydroxylation is 1. The van der Waals surface area contributed by atoms with Crippen molar-refractivity contribution in [2.45, 2.75) is 6.92 Å². The molecule has 2 nitrogen and oxygen atoms in total. The highest BCUT2D eigenvalue weighted by molar-refractivity contribution is 5.81. The van der Waals surface area contributed by atoms with Crippen LogP contribution in [0.4, 0.5) is 0 Å². The second kappa shape index (κ2) is 2.02. The molecule has 0 aliphatic carbocycles. The second-order valence-electron chi connectivity index (χ2n) is 2.75. The Balaban J connectivity index is 2.82. The molecule has 0 amide bonds. The van der Waals surface area contributed by atoms with E-state index in [1.807, 2.05) is 25.1 Å². The van der Waals surface area contributed by atoms with Crippen LogP contribution in [0.1, 0.15) is 5.56 Å². The molecular weight excluding hydrogens is 138 g/mol. The van der Waals surface area contributed by atoms with Crippen LogP contribution in [0.2, 0.25) is 0 Å². The number of hydrogen-bond donors (Lipinski definition) is 2. The Kier molecular flexibility index (Phi) is 1.15. The summed E-state index contributed by atoms with van der Waals surface area (Å²) in [4.78, 5) is 2.85. The van der Waals surface area contributed by atoms with Gasteiger partial charge in [-0.3, -0.25) is 0 Å². The molecule has 0 aliphatic rings. The number of rotatable bonds is 0. The molecule has 0 radical (unpaired) electrons. The zero-order valence-electron chi connectivity index (χ0n) is 6.26. The fourth-order valence-corrected chi connectivity index (χ4v) is 1.23. The Labute approximate surface area is 64.5 Å². The van der Waals surface area contributed by atoms with E-state index in [4.69, 9.17) is 5.11 Å². The Morgan fingerprint density at radius 2 is 2.09 bits per heavy atom. The first-order valence-electron chi connectivity index (χ1n) is 3.54. The van der Waals surface area contributed by atoms with Crippen LogP contribution in [-0.2, 0) is 0 Å². The molecule has 2 heteroatoms. The lowest BCUT2D eigenvalue weighted by Crippen LogP contribution is -1.70. The monoisotopic (exact) mass is 147 g/mol. The number of aromatic hydroxyl groups is 1. The van der Waals surface area contributed by atoms with Gasteiger partial charge in [0.15, 0.2) is 5.88 Å². The number of H-pyrrole nitrogens is 1. The van der Waals surface area contributed by atoms with Crippen LogP contribution >= 0.6 is 0 Å². The molecule has 0 unspecified atom stereocenters. The summed E-state index contributed by atoms with van der Waals surface area (Å²) < 4.78 is 0. The number of aromatic amines is 1. The summed E-state index contributed by atoms with van der Waals surface area (Å²) >= 11 is 0. The highest BCUT2D eigenvalue weighted by atomic mass is 16.3. The van der Waals surface area contributed by atoms with Crippen LogP contribution in [0, 0.1) is 6.92 Å². The van der Waals surface area contributed by atoms with Gasteiger partial charge in [0.05, 0.1) is 0 Å². The van der Waals surface area contributed by atoms with Gasteiger partial charge in [-0.25, -0.2) is 0 Å². The molecule has 0 saturated heterocycles. The normalized spacial score (nSPS) is 10.6. The molecule has 1 aromatic heterocycles. The summed E-state index contributed by atoms with van der Waals surface area (Å²) in [6.07, 6.45) is 0. The predicted molar refractivity (Wildman–Crippen MR) is 44.7 cm³/mol. The third-order valence-corrected chi connectivity index (χ3v) is 1.76. The van der Waals surface area contributed by atoms with E-state index in [2.05, 4.69) is 4.98 Å². The van der Waals surface area contributed by atoms with Crippen molar-refractivity contribution < 1.29 is 5.11 Å². The average Bonchev–Trinajstić information content (AvgIpc) is 2.27. The third-order valence-electron chi connectivity index (χ3n) is 1.76. The average molecular weight is 147 g/mol. The standard InChI is InChI=1S/C9H9NO/c1-6-2-3-7-5-9(11)10-8(7)4-6/h2-5,10-11H,1H3. The fourth-order valence-electron chi connectivity index (χ4n) is 1.23. The van der Waals surface area contributed by atoms with E-state index in [-0.39, 0.29) is 5.88 Å². The minimum Gasteiger partial charge on any atom is -0.495 e. The SMILES string of the molecule is Cc1ccc2cc(O)[nH]c2c1. The summed E-state index contributed by atoms with van der Waals surface area (Å²) in [5.41, 5.74) is 2.18. The highest BCUT2D eigenvalue weighted by Gasteiger charge is 1.96. The third kappa shape index (κ3) is 0.963. The second-order valence-corrected chi connectivity index (χ2v) is 2.75. The van der Waals surface area contributed by atoms with Gasteiger partial charge in [-0.15, -0.1) is 0 Å². The van der Waals surface area contributed by atoms with Crippen LogP contribution < -0.4 is 0 Å². The van der Waals surface area contributed by atoms with Crippen molar-refractivity contribution in [2.75, 3.05) is 0 Å². The van der Waals surface area contributed by atoms with Crippen molar-refractivity contribution in [1.82, 2.24) is 4.98 Å². The molecule has 0 aliphatic heterocycles. The van der Waals surface area contributed by atoms with Gasteiger partial charge in [0.1, 0.15) is 0 Å². The van der Waals surface area contributed by atoms with Gasteiger partial charge in [-0.2, -0.15) is 0 Å². The minimum atomic E-state index is 0.227. The number of hydrogen-bond acceptors (Lipinski definition) is 1. The first-order chi connectivity index (χ1) is 5.25. The van der Waals surface area contributed by atoms with Crippen LogP contribution in [-0.4, -0.2) is 10.1 Å². The maximum absolute atomic E-state index is 9.09. The van der Waals surface area contributed by atoms with E-state index in [1.54, 1.807) is 6.07 Å². The van der Waals surface area contributed by atoms with Crippen molar-refractivity contribution in [3.63, 3.8) is 0 Å². The maximum atomic E-state index is 9.09. The number of benzene rings is 1. The topological polar surface area (TPSA) is 36.0 Å². The summed E-state index contributed by atoms with van der Waals surface area (Å²) in [6, 6.07) is 7.74. The molecule has 56 valence electrons. The van der Waals surface area contributed by atoms with E-state index in [9.17, 15) is 0 Å². The van der Waals surface area contributed by atoms with Gasteiger partial charge < -0.3 is 10.1 Å². The largest absolute Gasteiger partial charge is 0.495 e. The summed E-state index contributed by atoms with van der Waals surface area (Å²) in [5, 5.41) is 10.1. The lowest BCUT2D eigenvalue weighted by Gasteiger charge is -1.90. The van der Waals surface area contributed by atoms with E-state index in [1.165, 1.54) is 5.56 Å².